The molecule has 0 spiro atoms. The summed E-state index contributed by atoms with van der Waals surface area (Å²) in [7, 11) is 0. The molecule has 164 valence electrons. The Morgan fingerprint density at radius 1 is 1.24 bits per heavy atom. The van der Waals surface area contributed by atoms with Crippen LogP contribution in [0.1, 0.15) is 5.56 Å². The molecule has 33 heavy (non-hydrogen) atoms. The third kappa shape index (κ3) is 4.01. The molecule has 0 radical (unpaired) electrons. The predicted octanol–water partition coefficient (Wildman–Crippen LogP) is 3.66. The molecule has 4 aromatic heterocycles. The van der Waals surface area contributed by atoms with Gasteiger partial charge in [-0.25, -0.2) is 9.37 Å². The lowest BCUT2D eigenvalue weighted by Crippen LogP contribution is -2.27. The number of hydrogen-bond donors (Lipinski definition) is 1. The van der Waals surface area contributed by atoms with Gasteiger partial charge in [0.1, 0.15) is 17.2 Å². The highest BCUT2D eigenvalue weighted by atomic mass is 32.1. The number of pyridine rings is 1. The van der Waals surface area contributed by atoms with E-state index in [9.17, 15) is 14.0 Å². The third-order valence-corrected chi connectivity index (χ3v) is 6.09. The van der Waals surface area contributed by atoms with E-state index in [-0.39, 0.29) is 18.0 Å². The maximum absolute atomic E-state index is 13.3. The minimum Gasteiger partial charge on any atom is -0.333 e. The van der Waals surface area contributed by atoms with E-state index < -0.39 is 11.7 Å². The maximum atomic E-state index is 13.3. The number of benzene rings is 1. The Kier molecular flexibility index (Phi) is 5.23. The summed E-state index contributed by atoms with van der Waals surface area (Å²) in [6, 6.07) is 9.05. The summed E-state index contributed by atoms with van der Waals surface area (Å²) in [5, 5.41) is 6.95. The summed E-state index contributed by atoms with van der Waals surface area (Å²) in [5.41, 5.74) is 1.32. The second-order valence-electron chi connectivity index (χ2n) is 7.13. The van der Waals surface area contributed by atoms with Crippen LogP contribution in [0.4, 0.5) is 10.1 Å². The van der Waals surface area contributed by atoms with Crippen molar-refractivity contribution in [3.8, 4) is 22.2 Å². The summed E-state index contributed by atoms with van der Waals surface area (Å²) in [6.07, 6.45) is 4.57. The summed E-state index contributed by atoms with van der Waals surface area (Å²) in [4.78, 5) is 39.3. The Labute approximate surface area is 189 Å². The normalized spacial score (nSPS) is 11.1. The number of nitrogens with zero attached hydrogens (tertiary/aromatic N) is 5. The van der Waals surface area contributed by atoms with Gasteiger partial charge in [0.2, 0.25) is 11.7 Å². The van der Waals surface area contributed by atoms with Crippen LogP contribution >= 0.6 is 11.3 Å². The molecule has 5 aromatic rings. The molecule has 1 amide bonds. The molecule has 0 aliphatic heterocycles. The largest absolute Gasteiger partial charge is 0.333 e. The van der Waals surface area contributed by atoms with Crippen LogP contribution in [0, 0.1) is 12.7 Å². The van der Waals surface area contributed by atoms with Gasteiger partial charge in [0, 0.05) is 23.6 Å². The molecule has 0 unspecified atom stereocenters. The van der Waals surface area contributed by atoms with Crippen molar-refractivity contribution >= 4 is 33.1 Å². The molecule has 11 heteroatoms. The Balaban J connectivity index is 1.44. The summed E-state index contributed by atoms with van der Waals surface area (Å²) in [5.74, 6) is -0.265. The second-order valence-corrected chi connectivity index (χ2v) is 8.13. The van der Waals surface area contributed by atoms with Crippen LogP contribution in [0.25, 0.3) is 32.4 Å². The van der Waals surface area contributed by atoms with E-state index in [1.165, 1.54) is 40.4 Å². The minimum atomic E-state index is -0.476. The van der Waals surface area contributed by atoms with Crippen LogP contribution in [0.2, 0.25) is 0 Å². The van der Waals surface area contributed by atoms with Crippen molar-refractivity contribution in [1.82, 2.24) is 24.7 Å². The van der Waals surface area contributed by atoms with E-state index in [0.29, 0.717) is 32.2 Å². The molecule has 0 aliphatic rings. The van der Waals surface area contributed by atoms with Gasteiger partial charge in [0.05, 0.1) is 16.6 Å². The van der Waals surface area contributed by atoms with Crippen molar-refractivity contribution in [3.05, 3.63) is 76.9 Å². The Morgan fingerprint density at radius 3 is 2.85 bits per heavy atom. The molecule has 0 saturated heterocycles. The van der Waals surface area contributed by atoms with Gasteiger partial charge < -0.3 is 9.84 Å². The number of rotatable bonds is 5. The number of hydrogen-bond acceptors (Lipinski definition) is 8. The van der Waals surface area contributed by atoms with E-state index in [0.717, 1.165) is 5.56 Å². The first kappa shape index (κ1) is 20.6. The van der Waals surface area contributed by atoms with Gasteiger partial charge in [0.15, 0.2) is 0 Å². The number of halogens is 1. The van der Waals surface area contributed by atoms with Crippen molar-refractivity contribution in [2.45, 2.75) is 13.5 Å². The molecular formula is C22H15FN6O3S. The van der Waals surface area contributed by atoms with Crippen LogP contribution in [0.5, 0.6) is 0 Å². The van der Waals surface area contributed by atoms with Crippen molar-refractivity contribution in [1.29, 1.82) is 0 Å². The average Bonchev–Trinajstić information content (AvgIpc) is 3.41. The number of amides is 1. The zero-order valence-corrected chi connectivity index (χ0v) is 18.0. The standard InChI is InChI=1S/C22H15FN6O3S/c1-12-17-21(33-18(12)20-27-19(28-32-20)13-5-7-24-8-6-13)25-11-29(22(17)31)10-16(30)26-15-4-2-3-14(23)9-15/h2-9,11H,10H2,1H3,(H,26,30). The second kappa shape index (κ2) is 8.36. The molecule has 0 fully saturated rings. The lowest BCUT2D eigenvalue weighted by atomic mass is 10.2. The first-order valence-electron chi connectivity index (χ1n) is 9.78. The quantitative estimate of drug-likeness (QED) is 0.424. The molecule has 0 aliphatic carbocycles. The first-order valence-corrected chi connectivity index (χ1v) is 10.6. The van der Waals surface area contributed by atoms with Gasteiger partial charge in [-0.1, -0.05) is 11.2 Å². The molecule has 5 rings (SSSR count). The van der Waals surface area contributed by atoms with Crippen molar-refractivity contribution in [3.63, 3.8) is 0 Å². The number of fused-ring (bicyclic) bond motifs is 1. The number of carbonyl (C=O) groups is 1. The van der Waals surface area contributed by atoms with E-state index >= 15 is 0 Å². The zero-order valence-electron chi connectivity index (χ0n) is 17.2. The number of anilines is 1. The number of aromatic nitrogens is 5. The molecular weight excluding hydrogens is 447 g/mol. The Bertz CT molecular complexity index is 1540. The van der Waals surface area contributed by atoms with E-state index in [4.69, 9.17) is 4.52 Å². The maximum Gasteiger partial charge on any atom is 0.268 e. The Morgan fingerprint density at radius 2 is 2.06 bits per heavy atom. The number of carbonyl (C=O) groups excluding carboxylic acids is 1. The van der Waals surface area contributed by atoms with Gasteiger partial charge in [-0.2, -0.15) is 4.98 Å². The lowest BCUT2D eigenvalue weighted by molar-refractivity contribution is -0.116. The van der Waals surface area contributed by atoms with Gasteiger partial charge in [-0.05, 0) is 42.8 Å². The first-order chi connectivity index (χ1) is 16.0. The Hall–Kier alpha value is -4.25. The van der Waals surface area contributed by atoms with Crippen LogP contribution in [-0.4, -0.2) is 30.6 Å². The van der Waals surface area contributed by atoms with Gasteiger partial charge >= 0.3 is 0 Å². The molecule has 1 N–H and O–H groups in total. The smallest absolute Gasteiger partial charge is 0.268 e. The highest BCUT2D eigenvalue weighted by molar-refractivity contribution is 7.22. The summed E-state index contributed by atoms with van der Waals surface area (Å²) in [6.45, 7) is 1.50. The number of nitrogens with one attached hydrogen (secondary N) is 1. The molecule has 9 nitrogen and oxygen atoms in total. The molecule has 0 atom stereocenters. The van der Waals surface area contributed by atoms with Crippen molar-refractivity contribution < 1.29 is 13.7 Å². The van der Waals surface area contributed by atoms with E-state index in [2.05, 4.69) is 25.4 Å². The minimum absolute atomic E-state index is 0.268. The van der Waals surface area contributed by atoms with Crippen LogP contribution < -0.4 is 10.9 Å². The molecule has 0 bridgehead atoms. The predicted molar refractivity (Wildman–Crippen MR) is 120 cm³/mol. The number of thiophene rings is 1. The monoisotopic (exact) mass is 462 g/mol. The highest BCUT2D eigenvalue weighted by Crippen LogP contribution is 2.35. The average molecular weight is 462 g/mol. The number of aryl methyl sites for hydroxylation is 1. The highest BCUT2D eigenvalue weighted by Gasteiger charge is 2.21. The molecule has 4 heterocycles. The fourth-order valence-corrected chi connectivity index (χ4v) is 4.39. The van der Waals surface area contributed by atoms with Gasteiger partial charge in [-0.15, -0.1) is 11.3 Å². The van der Waals surface area contributed by atoms with Crippen molar-refractivity contribution in [2.24, 2.45) is 0 Å². The van der Waals surface area contributed by atoms with Crippen LogP contribution in [0.3, 0.4) is 0 Å². The lowest BCUT2D eigenvalue weighted by Gasteiger charge is -2.07. The van der Waals surface area contributed by atoms with Crippen LogP contribution in [0.15, 0.2) is 64.4 Å². The summed E-state index contributed by atoms with van der Waals surface area (Å²) < 4.78 is 20.0. The zero-order chi connectivity index (χ0) is 22.9. The van der Waals surface area contributed by atoms with E-state index in [1.54, 1.807) is 37.5 Å². The SMILES string of the molecule is Cc1c(-c2nc(-c3ccncc3)no2)sc2ncn(CC(=O)Nc3cccc(F)c3)c(=O)c12. The molecule has 0 saturated carbocycles. The van der Waals surface area contributed by atoms with Crippen molar-refractivity contribution in [2.75, 3.05) is 5.32 Å². The molecule has 1 aromatic carbocycles. The topological polar surface area (TPSA) is 116 Å². The summed E-state index contributed by atoms with van der Waals surface area (Å²) >= 11 is 1.26. The van der Waals surface area contributed by atoms with Crippen LogP contribution in [-0.2, 0) is 11.3 Å². The third-order valence-electron chi connectivity index (χ3n) is 4.90. The van der Waals surface area contributed by atoms with E-state index in [1.807, 2.05) is 0 Å². The fraction of sp³-hybridized carbons (Fsp3) is 0.0909. The van der Waals surface area contributed by atoms with Gasteiger partial charge in [0.25, 0.3) is 11.4 Å². The fourth-order valence-electron chi connectivity index (χ4n) is 3.33. The van der Waals surface area contributed by atoms with Gasteiger partial charge in [-0.3, -0.25) is 19.1 Å².